The van der Waals surface area contributed by atoms with Crippen LogP contribution in [0.2, 0.25) is 0 Å². The second kappa shape index (κ2) is 8.50. The Balaban J connectivity index is 1.65. The van der Waals surface area contributed by atoms with Crippen molar-refractivity contribution in [3.63, 3.8) is 0 Å². The molecule has 0 N–H and O–H groups in total. The maximum absolute atomic E-state index is 13.1. The highest BCUT2D eigenvalue weighted by molar-refractivity contribution is 7.71. The highest BCUT2D eigenvalue weighted by atomic mass is 32.1. The van der Waals surface area contributed by atoms with E-state index >= 15 is 0 Å². The average Bonchev–Trinajstić information content (AvgIpc) is 3.55. The minimum absolute atomic E-state index is 0.0865. The predicted molar refractivity (Wildman–Crippen MR) is 130 cm³/mol. The normalized spacial score (nSPS) is 11.1. The fraction of sp³-hybridized carbons (Fsp3) is 0. The van der Waals surface area contributed by atoms with Gasteiger partial charge >= 0.3 is 0 Å². The van der Waals surface area contributed by atoms with E-state index in [9.17, 15) is 4.79 Å². The fourth-order valence-electron chi connectivity index (χ4n) is 3.87. The molecule has 0 saturated heterocycles. The van der Waals surface area contributed by atoms with Crippen LogP contribution in [0.4, 0.5) is 0 Å². The zero-order valence-electron chi connectivity index (χ0n) is 18.0. The van der Waals surface area contributed by atoms with Gasteiger partial charge in [-0.2, -0.15) is 0 Å². The number of hydrogen-bond donors (Lipinski definition) is 0. The van der Waals surface area contributed by atoms with E-state index < -0.39 is 5.91 Å². The van der Waals surface area contributed by atoms with Gasteiger partial charge in [0.15, 0.2) is 0 Å². The van der Waals surface area contributed by atoms with E-state index in [1.807, 2.05) is 66.7 Å². The Hall–Kier alpha value is -4.83. The molecule has 0 amide bonds. The Labute approximate surface area is 203 Å². The lowest BCUT2D eigenvalue weighted by molar-refractivity contribution is 0.0940. The number of tetrazole rings is 1. The summed E-state index contributed by atoms with van der Waals surface area (Å²) in [5.74, 6) is -0.294. The van der Waals surface area contributed by atoms with E-state index in [0.29, 0.717) is 28.0 Å². The quantitative estimate of drug-likeness (QED) is 0.336. The van der Waals surface area contributed by atoms with Crippen molar-refractivity contribution in [3.05, 3.63) is 101 Å². The standard InChI is InChI=1S/C25H15N7O2S/c33-24(18-14-8-3-9-15-18)31-25(35)34-23(28-31)20-19(16-10-4-1-5-11-16)21(17-12-6-2-7-13-17)27-32-22(20)26-29-30-32/h1-15H. The second-order valence-corrected chi connectivity index (χ2v) is 7.93. The number of rotatable bonds is 4. The average molecular weight is 478 g/mol. The molecule has 0 radical (unpaired) electrons. The smallest absolute Gasteiger partial charge is 0.295 e. The summed E-state index contributed by atoms with van der Waals surface area (Å²) in [5.41, 5.74) is 4.25. The highest BCUT2D eigenvalue weighted by Gasteiger charge is 2.26. The molecule has 0 aliphatic rings. The molecule has 0 spiro atoms. The Bertz CT molecular complexity index is 1730. The number of carbonyl (C=O) groups excluding carboxylic acids is 1. The molecule has 3 aromatic heterocycles. The molecule has 3 aromatic carbocycles. The van der Waals surface area contributed by atoms with Gasteiger partial charge in [0.1, 0.15) is 5.69 Å². The monoisotopic (exact) mass is 477 g/mol. The molecular formula is C25H15N7O2S. The molecule has 6 aromatic rings. The number of aromatic nitrogens is 7. The first-order valence-electron chi connectivity index (χ1n) is 10.6. The minimum atomic E-state index is -0.403. The molecule has 9 nitrogen and oxygen atoms in total. The van der Waals surface area contributed by atoms with Gasteiger partial charge in [-0.3, -0.25) is 4.79 Å². The molecule has 0 bridgehead atoms. The van der Waals surface area contributed by atoms with Crippen LogP contribution in [0.5, 0.6) is 0 Å². The Morgan fingerprint density at radius 1 is 0.771 bits per heavy atom. The fourth-order valence-corrected chi connectivity index (χ4v) is 4.07. The van der Waals surface area contributed by atoms with Crippen LogP contribution in [-0.2, 0) is 0 Å². The van der Waals surface area contributed by atoms with Crippen molar-refractivity contribution in [2.45, 2.75) is 0 Å². The molecule has 10 heteroatoms. The third-order valence-corrected chi connectivity index (χ3v) is 5.70. The number of nitrogens with zero attached hydrogens (tertiary/aromatic N) is 7. The third-order valence-electron chi connectivity index (χ3n) is 5.44. The summed E-state index contributed by atoms with van der Waals surface area (Å²) in [6, 6.07) is 28.1. The van der Waals surface area contributed by atoms with E-state index in [0.717, 1.165) is 15.8 Å². The number of benzene rings is 3. The summed E-state index contributed by atoms with van der Waals surface area (Å²) in [6.07, 6.45) is 0. The van der Waals surface area contributed by atoms with Crippen molar-refractivity contribution in [2.24, 2.45) is 0 Å². The predicted octanol–water partition coefficient (Wildman–Crippen LogP) is 4.73. The van der Waals surface area contributed by atoms with Crippen LogP contribution in [0.25, 0.3) is 39.5 Å². The summed E-state index contributed by atoms with van der Waals surface area (Å²) < 4.78 is 8.27. The van der Waals surface area contributed by atoms with Gasteiger partial charge in [0.05, 0.1) is 5.56 Å². The van der Waals surface area contributed by atoms with Crippen LogP contribution in [0.1, 0.15) is 10.4 Å². The molecule has 0 atom stereocenters. The van der Waals surface area contributed by atoms with Crippen LogP contribution in [-0.4, -0.2) is 40.9 Å². The molecule has 0 saturated carbocycles. The van der Waals surface area contributed by atoms with Crippen molar-refractivity contribution in [1.82, 2.24) is 35.0 Å². The lowest BCUT2D eigenvalue weighted by Gasteiger charge is -2.13. The topological polar surface area (TPSA) is 104 Å². The van der Waals surface area contributed by atoms with Crippen LogP contribution in [0.3, 0.4) is 0 Å². The maximum Gasteiger partial charge on any atom is 0.295 e. The zero-order chi connectivity index (χ0) is 23.8. The van der Waals surface area contributed by atoms with Crippen LogP contribution >= 0.6 is 12.2 Å². The van der Waals surface area contributed by atoms with E-state index in [1.165, 1.54) is 4.63 Å². The van der Waals surface area contributed by atoms with Crippen molar-refractivity contribution >= 4 is 23.8 Å². The largest absolute Gasteiger partial charge is 0.409 e. The van der Waals surface area contributed by atoms with E-state index in [4.69, 9.17) is 21.7 Å². The molecule has 168 valence electrons. The van der Waals surface area contributed by atoms with Crippen molar-refractivity contribution in [1.29, 1.82) is 0 Å². The van der Waals surface area contributed by atoms with Crippen molar-refractivity contribution in [2.75, 3.05) is 0 Å². The van der Waals surface area contributed by atoms with Crippen LogP contribution < -0.4 is 0 Å². The molecular weight excluding hydrogens is 462 g/mol. The van der Waals surface area contributed by atoms with Crippen molar-refractivity contribution in [3.8, 4) is 33.8 Å². The summed E-state index contributed by atoms with van der Waals surface area (Å²) in [6.45, 7) is 0. The van der Waals surface area contributed by atoms with Crippen molar-refractivity contribution < 1.29 is 9.21 Å². The zero-order valence-corrected chi connectivity index (χ0v) is 18.8. The van der Waals surface area contributed by atoms with Crippen LogP contribution in [0, 0.1) is 4.84 Å². The molecule has 6 rings (SSSR count). The Kier molecular flexibility index (Phi) is 5.04. The van der Waals surface area contributed by atoms with Gasteiger partial charge in [-0.1, -0.05) is 78.9 Å². The number of carbonyl (C=O) groups is 1. The highest BCUT2D eigenvalue weighted by Crippen LogP contribution is 2.39. The van der Waals surface area contributed by atoms with E-state index in [-0.39, 0.29) is 10.7 Å². The van der Waals surface area contributed by atoms with E-state index in [1.54, 1.807) is 24.3 Å². The van der Waals surface area contributed by atoms with Gasteiger partial charge in [0.25, 0.3) is 16.6 Å². The first-order valence-corrected chi connectivity index (χ1v) is 11.0. The van der Waals surface area contributed by atoms with Gasteiger partial charge in [-0.25, -0.2) is 0 Å². The molecule has 0 fully saturated rings. The molecule has 0 aliphatic heterocycles. The summed E-state index contributed by atoms with van der Waals surface area (Å²) in [5, 5.41) is 21.1. The summed E-state index contributed by atoms with van der Waals surface area (Å²) >= 11 is 5.38. The minimum Gasteiger partial charge on any atom is -0.409 e. The van der Waals surface area contributed by atoms with Gasteiger partial charge in [-0.05, 0) is 40.3 Å². The summed E-state index contributed by atoms with van der Waals surface area (Å²) in [7, 11) is 0. The van der Waals surface area contributed by atoms with Gasteiger partial charge in [-0.15, -0.1) is 24.6 Å². The summed E-state index contributed by atoms with van der Waals surface area (Å²) in [4.78, 5) is 13.0. The SMILES string of the molecule is O=C(c1ccccc1)n1nc(-c2c(-c3ccccc3)c(-c3ccccc3)nn3nnnc23)oc1=S. The van der Waals surface area contributed by atoms with Crippen LogP contribution in [0.15, 0.2) is 95.4 Å². The molecule has 35 heavy (non-hydrogen) atoms. The van der Waals surface area contributed by atoms with Gasteiger partial charge < -0.3 is 4.42 Å². The van der Waals surface area contributed by atoms with Gasteiger partial charge in [0, 0.05) is 16.7 Å². The molecule has 0 unspecified atom stereocenters. The first kappa shape index (κ1) is 20.8. The van der Waals surface area contributed by atoms with Gasteiger partial charge in [0.2, 0.25) is 5.65 Å². The lowest BCUT2D eigenvalue weighted by Crippen LogP contribution is -2.13. The molecule has 3 heterocycles. The number of fused-ring (bicyclic) bond motifs is 1. The first-order chi connectivity index (χ1) is 17.2. The molecule has 0 aliphatic carbocycles. The maximum atomic E-state index is 13.1. The van der Waals surface area contributed by atoms with E-state index in [2.05, 4.69) is 20.6 Å². The Morgan fingerprint density at radius 3 is 2.09 bits per heavy atom. The number of hydrogen-bond acceptors (Lipinski definition) is 8. The third kappa shape index (κ3) is 3.62. The Morgan fingerprint density at radius 2 is 1.40 bits per heavy atom. The second-order valence-electron chi connectivity index (χ2n) is 7.58. The lowest BCUT2D eigenvalue weighted by atomic mass is 9.95.